The largest absolute Gasteiger partial charge is 0.123 e. The molecule has 62 valence electrons. The van der Waals surface area contributed by atoms with Gasteiger partial charge in [0.05, 0.1) is 0 Å². The SMILES string of the molecule is CCC(CC(C)C)C(C)Cl. The fraction of sp³-hybridized carbons (Fsp3) is 1.00. The van der Waals surface area contributed by atoms with Gasteiger partial charge >= 0.3 is 0 Å². The van der Waals surface area contributed by atoms with Crippen LogP contribution in [0.5, 0.6) is 0 Å². The fourth-order valence-corrected chi connectivity index (χ4v) is 1.57. The Kier molecular flexibility index (Phi) is 5.15. The minimum Gasteiger partial charge on any atom is -0.123 e. The molecule has 0 fully saturated rings. The van der Waals surface area contributed by atoms with Crippen molar-refractivity contribution < 1.29 is 0 Å². The van der Waals surface area contributed by atoms with E-state index >= 15 is 0 Å². The smallest absolute Gasteiger partial charge is 0.0336 e. The van der Waals surface area contributed by atoms with Gasteiger partial charge in [-0.1, -0.05) is 27.2 Å². The number of halogens is 1. The lowest BCUT2D eigenvalue weighted by Gasteiger charge is -2.18. The van der Waals surface area contributed by atoms with E-state index in [2.05, 4.69) is 27.7 Å². The van der Waals surface area contributed by atoms with Crippen LogP contribution in [0.15, 0.2) is 0 Å². The molecule has 2 unspecified atom stereocenters. The Bertz CT molecular complexity index is 76.8. The molecular formula is C9H19Cl. The summed E-state index contributed by atoms with van der Waals surface area (Å²) < 4.78 is 0. The second kappa shape index (κ2) is 5.01. The van der Waals surface area contributed by atoms with Crippen LogP contribution in [0.4, 0.5) is 0 Å². The molecule has 0 heterocycles. The lowest BCUT2D eigenvalue weighted by Crippen LogP contribution is -2.12. The van der Waals surface area contributed by atoms with Crippen molar-refractivity contribution >= 4 is 11.6 Å². The van der Waals surface area contributed by atoms with E-state index in [1.807, 2.05) is 0 Å². The van der Waals surface area contributed by atoms with E-state index in [-0.39, 0.29) is 0 Å². The van der Waals surface area contributed by atoms with E-state index < -0.39 is 0 Å². The summed E-state index contributed by atoms with van der Waals surface area (Å²) in [6, 6.07) is 0. The van der Waals surface area contributed by atoms with Crippen molar-refractivity contribution in [2.75, 3.05) is 0 Å². The van der Waals surface area contributed by atoms with Crippen LogP contribution >= 0.6 is 11.6 Å². The van der Waals surface area contributed by atoms with Gasteiger partial charge in [-0.15, -0.1) is 11.6 Å². The topological polar surface area (TPSA) is 0 Å². The van der Waals surface area contributed by atoms with Gasteiger partial charge in [-0.2, -0.15) is 0 Å². The van der Waals surface area contributed by atoms with Crippen LogP contribution < -0.4 is 0 Å². The summed E-state index contributed by atoms with van der Waals surface area (Å²) in [5.74, 6) is 1.49. The normalized spacial score (nSPS) is 17.4. The Morgan fingerprint density at radius 1 is 1.20 bits per heavy atom. The lowest BCUT2D eigenvalue weighted by atomic mass is 9.92. The summed E-state index contributed by atoms with van der Waals surface area (Å²) in [5, 5.41) is 0.340. The average Bonchev–Trinajstić information content (AvgIpc) is 1.81. The first-order valence-electron chi connectivity index (χ1n) is 4.22. The molecular weight excluding hydrogens is 144 g/mol. The summed E-state index contributed by atoms with van der Waals surface area (Å²) in [6.45, 7) is 8.81. The minimum absolute atomic E-state index is 0.340. The van der Waals surface area contributed by atoms with E-state index in [1.54, 1.807) is 0 Å². The third-order valence-electron chi connectivity index (χ3n) is 1.95. The summed E-state index contributed by atoms with van der Waals surface area (Å²) in [7, 11) is 0. The Morgan fingerprint density at radius 2 is 1.70 bits per heavy atom. The van der Waals surface area contributed by atoms with Gasteiger partial charge in [-0.3, -0.25) is 0 Å². The molecule has 0 aliphatic rings. The molecule has 0 saturated heterocycles. The van der Waals surface area contributed by atoms with E-state index in [0.29, 0.717) is 11.3 Å². The van der Waals surface area contributed by atoms with Gasteiger partial charge in [0.2, 0.25) is 0 Å². The van der Waals surface area contributed by atoms with Crippen LogP contribution in [0.1, 0.15) is 40.5 Å². The molecule has 2 atom stereocenters. The van der Waals surface area contributed by atoms with Crippen molar-refractivity contribution in [3.63, 3.8) is 0 Å². The Morgan fingerprint density at radius 3 is 1.80 bits per heavy atom. The van der Waals surface area contributed by atoms with Crippen LogP contribution in [0.3, 0.4) is 0 Å². The maximum absolute atomic E-state index is 5.99. The van der Waals surface area contributed by atoms with Crippen LogP contribution in [-0.2, 0) is 0 Å². The zero-order chi connectivity index (χ0) is 8.15. The van der Waals surface area contributed by atoms with Gasteiger partial charge in [-0.05, 0) is 25.2 Å². The van der Waals surface area contributed by atoms with Gasteiger partial charge in [0.15, 0.2) is 0 Å². The second-order valence-corrected chi connectivity index (χ2v) is 4.16. The Hall–Kier alpha value is 0.290. The first kappa shape index (κ1) is 10.3. The highest BCUT2D eigenvalue weighted by Gasteiger charge is 2.13. The van der Waals surface area contributed by atoms with Crippen molar-refractivity contribution in [2.45, 2.75) is 45.9 Å². The van der Waals surface area contributed by atoms with Crippen molar-refractivity contribution in [3.8, 4) is 0 Å². The molecule has 0 aliphatic heterocycles. The van der Waals surface area contributed by atoms with Crippen molar-refractivity contribution in [1.82, 2.24) is 0 Å². The molecule has 0 bridgehead atoms. The zero-order valence-corrected chi connectivity index (χ0v) is 8.28. The first-order chi connectivity index (χ1) is 4.57. The highest BCUT2D eigenvalue weighted by atomic mass is 35.5. The average molecular weight is 163 g/mol. The monoisotopic (exact) mass is 162 g/mol. The molecule has 0 aromatic carbocycles. The fourth-order valence-electron chi connectivity index (χ4n) is 1.28. The van der Waals surface area contributed by atoms with E-state index in [9.17, 15) is 0 Å². The number of rotatable bonds is 4. The van der Waals surface area contributed by atoms with Crippen LogP contribution in [0.2, 0.25) is 0 Å². The predicted molar refractivity (Wildman–Crippen MR) is 48.6 cm³/mol. The molecule has 0 amide bonds. The molecule has 0 rings (SSSR count). The zero-order valence-electron chi connectivity index (χ0n) is 7.52. The second-order valence-electron chi connectivity index (χ2n) is 3.48. The van der Waals surface area contributed by atoms with Crippen LogP contribution in [0, 0.1) is 11.8 Å². The molecule has 10 heavy (non-hydrogen) atoms. The molecule has 0 radical (unpaired) electrons. The van der Waals surface area contributed by atoms with E-state index in [1.165, 1.54) is 12.8 Å². The summed E-state index contributed by atoms with van der Waals surface area (Å²) in [4.78, 5) is 0. The van der Waals surface area contributed by atoms with Crippen LogP contribution in [-0.4, -0.2) is 5.38 Å². The van der Waals surface area contributed by atoms with Gasteiger partial charge in [-0.25, -0.2) is 0 Å². The Labute approximate surface area is 70.0 Å². The molecule has 0 aromatic rings. The predicted octanol–water partition coefficient (Wildman–Crippen LogP) is 3.69. The van der Waals surface area contributed by atoms with Gasteiger partial charge in [0, 0.05) is 5.38 Å². The summed E-state index contributed by atoms with van der Waals surface area (Å²) in [5.41, 5.74) is 0. The summed E-state index contributed by atoms with van der Waals surface area (Å²) in [6.07, 6.45) is 2.48. The Balaban J connectivity index is 3.60. The lowest BCUT2D eigenvalue weighted by molar-refractivity contribution is 0.393. The quantitative estimate of drug-likeness (QED) is 0.554. The highest BCUT2D eigenvalue weighted by molar-refractivity contribution is 6.20. The number of hydrogen-bond acceptors (Lipinski definition) is 0. The first-order valence-corrected chi connectivity index (χ1v) is 4.65. The molecule has 0 aromatic heterocycles. The highest BCUT2D eigenvalue weighted by Crippen LogP contribution is 2.22. The number of alkyl halides is 1. The molecule has 0 spiro atoms. The van der Waals surface area contributed by atoms with Gasteiger partial charge in [0.25, 0.3) is 0 Å². The van der Waals surface area contributed by atoms with Crippen LogP contribution in [0.25, 0.3) is 0 Å². The van der Waals surface area contributed by atoms with Crippen molar-refractivity contribution in [1.29, 1.82) is 0 Å². The molecule has 0 nitrogen and oxygen atoms in total. The minimum atomic E-state index is 0.340. The van der Waals surface area contributed by atoms with E-state index in [4.69, 9.17) is 11.6 Å². The van der Waals surface area contributed by atoms with Gasteiger partial charge in [0.1, 0.15) is 0 Å². The molecule has 0 N–H and O–H groups in total. The molecule has 0 saturated carbocycles. The third-order valence-corrected chi connectivity index (χ3v) is 2.30. The summed E-state index contributed by atoms with van der Waals surface area (Å²) >= 11 is 5.99. The third kappa shape index (κ3) is 4.16. The number of hydrogen-bond donors (Lipinski definition) is 0. The van der Waals surface area contributed by atoms with Gasteiger partial charge < -0.3 is 0 Å². The van der Waals surface area contributed by atoms with Crippen molar-refractivity contribution in [2.24, 2.45) is 11.8 Å². The molecule has 1 heteroatoms. The maximum Gasteiger partial charge on any atom is 0.0336 e. The standard InChI is InChI=1S/C9H19Cl/c1-5-9(8(4)10)6-7(2)3/h7-9H,5-6H2,1-4H3. The van der Waals surface area contributed by atoms with Crippen molar-refractivity contribution in [3.05, 3.63) is 0 Å². The van der Waals surface area contributed by atoms with E-state index in [0.717, 1.165) is 5.92 Å². The maximum atomic E-state index is 5.99. The molecule has 0 aliphatic carbocycles.